The van der Waals surface area contributed by atoms with E-state index in [1.165, 1.54) is 24.3 Å². The summed E-state index contributed by atoms with van der Waals surface area (Å²) in [6.07, 6.45) is 1.03. The van der Waals surface area contributed by atoms with E-state index in [0.29, 0.717) is 23.5 Å². The summed E-state index contributed by atoms with van der Waals surface area (Å²) in [6.45, 7) is 0.288. The van der Waals surface area contributed by atoms with Crippen LogP contribution in [-0.2, 0) is 10.9 Å². The first kappa shape index (κ1) is 23.6. The molecule has 1 aromatic carbocycles. The van der Waals surface area contributed by atoms with Crippen molar-refractivity contribution in [3.8, 4) is 11.4 Å². The molecule has 2 atom stereocenters. The first-order chi connectivity index (χ1) is 15.2. The number of aromatic nitrogens is 2. The second kappa shape index (κ2) is 10.5. The van der Waals surface area contributed by atoms with Gasteiger partial charge in [-0.05, 0) is 50.2 Å². The van der Waals surface area contributed by atoms with Crippen LogP contribution >= 0.6 is 0 Å². The standard InChI is InChI=1S/C21H25F3N4O4/c22-21(23,24)19-27-17(28-32-19)14-8-10-15(11-9-14)18(29)26-16-7-2-1-5-13(16)6-3-4-12-31-20(25)30/h8-11,13,16H,1-7,12H2,(H2,25,30)(H,26,29). The number of unbranched alkanes of at least 4 members (excludes halogenated alkanes) is 1. The molecule has 2 aromatic rings. The van der Waals surface area contributed by atoms with Gasteiger partial charge in [0.15, 0.2) is 0 Å². The molecule has 1 heterocycles. The predicted octanol–water partition coefficient (Wildman–Crippen LogP) is 4.31. The first-order valence-electron chi connectivity index (χ1n) is 10.5. The molecule has 174 valence electrons. The van der Waals surface area contributed by atoms with Crippen molar-refractivity contribution in [2.24, 2.45) is 11.7 Å². The van der Waals surface area contributed by atoms with Crippen molar-refractivity contribution in [3.63, 3.8) is 0 Å². The van der Waals surface area contributed by atoms with Gasteiger partial charge in [-0.15, -0.1) is 0 Å². The summed E-state index contributed by atoms with van der Waals surface area (Å²) in [5.74, 6) is -1.52. The number of carbonyl (C=O) groups is 2. The van der Waals surface area contributed by atoms with Crippen LogP contribution in [-0.4, -0.2) is 34.8 Å². The zero-order valence-corrected chi connectivity index (χ0v) is 17.4. The van der Waals surface area contributed by atoms with Gasteiger partial charge >= 0.3 is 18.2 Å². The molecule has 3 rings (SSSR count). The molecular formula is C21H25F3N4O4. The smallest absolute Gasteiger partial charge is 0.450 e. The highest BCUT2D eigenvalue weighted by atomic mass is 19.4. The molecule has 1 aliphatic rings. The van der Waals surface area contributed by atoms with Gasteiger partial charge in [0.1, 0.15) is 0 Å². The number of carbonyl (C=O) groups excluding carboxylic acids is 2. The second-order valence-corrected chi connectivity index (χ2v) is 7.79. The molecule has 0 aliphatic heterocycles. The SMILES string of the molecule is NC(=O)OCCCCC1CCCCC1NC(=O)c1ccc(-c2noc(C(F)(F)F)n2)cc1. The van der Waals surface area contributed by atoms with Crippen LogP contribution in [0.3, 0.4) is 0 Å². The molecule has 2 unspecified atom stereocenters. The lowest BCUT2D eigenvalue weighted by molar-refractivity contribution is -0.159. The third kappa shape index (κ3) is 6.44. The van der Waals surface area contributed by atoms with Gasteiger partial charge in [-0.1, -0.05) is 30.1 Å². The van der Waals surface area contributed by atoms with Crippen molar-refractivity contribution in [2.45, 2.75) is 57.2 Å². The van der Waals surface area contributed by atoms with Gasteiger partial charge in [0.25, 0.3) is 5.91 Å². The minimum absolute atomic E-state index is 0.0412. The molecule has 1 saturated carbocycles. The number of primary amides is 1. The molecular weight excluding hydrogens is 429 g/mol. The number of alkyl halides is 3. The van der Waals surface area contributed by atoms with E-state index in [4.69, 9.17) is 10.5 Å². The van der Waals surface area contributed by atoms with E-state index in [2.05, 4.69) is 20.0 Å². The number of halogens is 3. The Bertz CT molecular complexity index is 915. The predicted molar refractivity (Wildman–Crippen MR) is 107 cm³/mol. The quantitative estimate of drug-likeness (QED) is 0.574. The average Bonchev–Trinajstić information content (AvgIpc) is 3.25. The Labute approximate surface area is 182 Å². The molecule has 0 spiro atoms. The maximum atomic E-state index is 12.7. The number of nitrogens with zero attached hydrogens (tertiary/aromatic N) is 2. The van der Waals surface area contributed by atoms with Gasteiger partial charge in [0.2, 0.25) is 5.82 Å². The Kier molecular flexibility index (Phi) is 7.70. The summed E-state index contributed by atoms with van der Waals surface area (Å²) >= 11 is 0. The normalized spacial score (nSPS) is 18.8. The van der Waals surface area contributed by atoms with Gasteiger partial charge in [-0.3, -0.25) is 4.79 Å². The minimum Gasteiger partial charge on any atom is -0.450 e. The highest BCUT2D eigenvalue weighted by Crippen LogP contribution is 2.30. The zero-order chi connectivity index (χ0) is 23.1. The summed E-state index contributed by atoms with van der Waals surface area (Å²) in [4.78, 5) is 26.7. The third-order valence-corrected chi connectivity index (χ3v) is 5.51. The average molecular weight is 454 g/mol. The largest absolute Gasteiger partial charge is 0.471 e. The van der Waals surface area contributed by atoms with Gasteiger partial charge in [-0.25, -0.2) is 4.79 Å². The molecule has 11 heteroatoms. The Morgan fingerprint density at radius 2 is 1.88 bits per heavy atom. The van der Waals surface area contributed by atoms with Gasteiger partial charge in [0, 0.05) is 17.2 Å². The molecule has 0 saturated heterocycles. The molecule has 32 heavy (non-hydrogen) atoms. The van der Waals surface area contributed by atoms with Crippen molar-refractivity contribution in [1.29, 1.82) is 0 Å². The Balaban J connectivity index is 1.55. The van der Waals surface area contributed by atoms with Gasteiger partial charge < -0.3 is 20.3 Å². The van der Waals surface area contributed by atoms with Crippen LogP contribution in [0, 0.1) is 5.92 Å². The van der Waals surface area contributed by atoms with Crippen molar-refractivity contribution in [1.82, 2.24) is 15.5 Å². The van der Waals surface area contributed by atoms with Crippen molar-refractivity contribution in [3.05, 3.63) is 35.7 Å². The summed E-state index contributed by atoms with van der Waals surface area (Å²) in [7, 11) is 0. The number of benzene rings is 1. The highest BCUT2D eigenvalue weighted by molar-refractivity contribution is 5.94. The van der Waals surface area contributed by atoms with Crippen LogP contribution in [0.25, 0.3) is 11.4 Å². The molecule has 0 bridgehead atoms. The maximum absolute atomic E-state index is 12.7. The van der Waals surface area contributed by atoms with Crippen LogP contribution < -0.4 is 11.1 Å². The zero-order valence-electron chi connectivity index (χ0n) is 17.4. The van der Waals surface area contributed by atoms with Crippen LogP contribution in [0.15, 0.2) is 28.8 Å². The molecule has 1 aliphatic carbocycles. The van der Waals surface area contributed by atoms with E-state index in [9.17, 15) is 22.8 Å². The molecule has 2 amide bonds. The summed E-state index contributed by atoms with van der Waals surface area (Å²) in [5, 5.41) is 6.43. The molecule has 1 aromatic heterocycles. The van der Waals surface area contributed by atoms with E-state index in [1.54, 1.807) is 0 Å². The Morgan fingerprint density at radius 1 is 1.16 bits per heavy atom. The highest BCUT2D eigenvalue weighted by Gasteiger charge is 2.38. The molecule has 3 N–H and O–H groups in total. The number of nitrogens with two attached hydrogens (primary N) is 1. The number of rotatable bonds is 8. The van der Waals surface area contributed by atoms with Crippen molar-refractivity contribution >= 4 is 12.0 Å². The van der Waals surface area contributed by atoms with E-state index in [1.807, 2.05) is 0 Å². The second-order valence-electron chi connectivity index (χ2n) is 7.79. The van der Waals surface area contributed by atoms with Crippen LogP contribution in [0.1, 0.15) is 61.2 Å². The fraction of sp³-hybridized carbons (Fsp3) is 0.524. The summed E-state index contributed by atoms with van der Waals surface area (Å²) in [6, 6.07) is 6.05. The van der Waals surface area contributed by atoms with E-state index >= 15 is 0 Å². The Morgan fingerprint density at radius 3 is 2.53 bits per heavy atom. The van der Waals surface area contributed by atoms with E-state index in [0.717, 1.165) is 38.5 Å². The summed E-state index contributed by atoms with van der Waals surface area (Å²) < 4.78 is 46.8. The molecule has 0 radical (unpaired) electrons. The topological polar surface area (TPSA) is 120 Å². The van der Waals surface area contributed by atoms with Crippen LogP contribution in [0.2, 0.25) is 0 Å². The van der Waals surface area contributed by atoms with E-state index in [-0.39, 0.29) is 24.4 Å². The lowest BCUT2D eigenvalue weighted by atomic mass is 9.81. The minimum atomic E-state index is -4.71. The van der Waals surface area contributed by atoms with Crippen molar-refractivity contribution < 1.29 is 32.0 Å². The fourth-order valence-electron chi connectivity index (χ4n) is 3.90. The number of ether oxygens (including phenoxy) is 1. The monoisotopic (exact) mass is 454 g/mol. The van der Waals surface area contributed by atoms with Crippen LogP contribution in [0.5, 0.6) is 0 Å². The lowest BCUT2D eigenvalue weighted by Gasteiger charge is -2.32. The maximum Gasteiger partial charge on any atom is 0.471 e. The molecule has 1 fully saturated rings. The number of nitrogens with one attached hydrogen (secondary N) is 1. The number of amides is 2. The number of hydrogen-bond acceptors (Lipinski definition) is 6. The van der Waals surface area contributed by atoms with Gasteiger partial charge in [0.05, 0.1) is 6.61 Å². The molecule has 8 nitrogen and oxygen atoms in total. The first-order valence-corrected chi connectivity index (χ1v) is 10.5. The fourth-order valence-corrected chi connectivity index (χ4v) is 3.90. The van der Waals surface area contributed by atoms with Crippen molar-refractivity contribution in [2.75, 3.05) is 6.61 Å². The third-order valence-electron chi connectivity index (χ3n) is 5.51. The Hall–Kier alpha value is -3.11. The van der Waals surface area contributed by atoms with E-state index < -0.39 is 18.2 Å². The van der Waals surface area contributed by atoms with Crippen LogP contribution in [0.4, 0.5) is 18.0 Å². The van der Waals surface area contributed by atoms with Gasteiger partial charge in [-0.2, -0.15) is 18.2 Å². The number of hydrogen-bond donors (Lipinski definition) is 2. The lowest BCUT2D eigenvalue weighted by Crippen LogP contribution is -2.42. The summed E-state index contributed by atoms with van der Waals surface area (Å²) in [5.41, 5.74) is 5.66.